The number of aromatic nitrogens is 4. The Balaban J connectivity index is 0.904. The summed E-state index contributed by atoms with van der Waals surface area (Å²) < 4.78 is 0. The standard InChI is InChI=1S/C64H40N4S/c1-5-15-41(16-6-1)49-33-35-55-57(38-49)67-58-39-50(34-36-56(58)65-55)42-25-29-47(30-26-42)63-60(45-19-9-3-10-20-45)61(46-21-11-4-12-22-46)64(69-63)48-31-27-43(28-32-48)51-37-52(44-17-7-2-8-18-44)62-59(40-51)66-53-23-13-14-24-54(53)68-62/h1-40H. The topological polar surface area (TPSA) is 51.6 Å². The van der Waals surface area contributed by atoms with Crippen molar-refractivity contribution in [3.8, 4) is 87.6 Å². The summed E-state index contributed by atoms with van der Waals surface area (Å²) >= 11 is 1.85. The predicted molar refractivity (Wildman–Crippen MR) is 289 cm³/mol. The molecule has 0 aliphatic carbocycles. The highest BCUT2D eigenvalue weighted by molar-refractivity contribution is 7.20. The lowest BCUT2D eigenvalue weighted by Gasteiger charge is -2.13. The largest absolute Gasteiger partial charge is 0.245 e. The van der Waals surface area contributed by atoms with E-state index in [1.807, 2.05) is 41.7 Å². The van der Waals surface area contributed by atoms with E-state index in [0.717, 1.165) is 94.2 Å². The number of fused-ring (bicyclic) bond motifs is 4. The molecule has 0 aliphatic rings. The first-order valence-electron chi connectivity index (χ1n) is 23.2. The molecule has 13 rings (SSSR count). The van der Waals surface area contributed by atoms with Crippen LogP contribution in [-0.4, -0.2) is 19.9 Å². The average Bonchev–Trinajstić information content (AvgIpc) is 3.83. The lowest BCUT2D eigenvalue weighted by molar-refractivity contribution is 1.39. The van der Waals surface area contributed by atoms with Gasteiger partial charge in [0.15, 0.2) is 0 Å². The van der Waals surface area contributed by atoms with Gasteiger partial charge in [-0.25, -0.2) is 19.9 Å². The van der Waals surface area contributed by atoms with Crippen molar-refractivity contribution < 1.29 is 0 Å². The molecule has 0 fully saturated rings. The summed E-state index contributed by atoms with van der Waals surface area (Å²) in [6.45, 7) is 0. The van der Waals surface area contributed by atoms with Gasteiger partial charge in [-0.05, 0) is 110 Å². The van der Waals surface area contributed by atoms with Crippen LogP contribution in [0, 0.1) is 0 Å². The Hall–Kier alpha value is -8.90. The first-order chi connectivity index (χ1) is 34.2. The van der Waals surface area contributed by atoms with E-state index in [9.17, 15) is 0 Å². The Morgan fingerprint density at radius 3 is 1.09 bits per heavy atom. The summed E-state index contributed by atoms with van der Waals surface area (Å²) in [6, 6.07) is 86.0. The third kappa shape index (κ3) is 7.52. The Labute approximate surface area is 403 Å². The highest BCUT2D eigenvalue weighted by Gasteiger charge is 2.24. The van der Waals surface area contributed by atoms with Gasteiger partial charge in [0, 0.05) is 26.4 Å². The molecule has 0 saturated heterocycles. The molecule has 0 bridgehead atoms. The van der Waals surface area contributed by atoms with Crippen molar-refractivity contribution >= 4 is 55.5 Å². The molecule has 3 heterocycles. The van der Waals surface area contributed by atoms with E-state index in [1.165, 1.54) is 37.6 Å². The summed E-state index contributed by atoms with van der Waals surface area (Å²) in [7, 11) is 0. The van der Waals surface area contributed by atoms with Crippen LogP contribution in [0.15, 0.2) is 243 Å². The van der Waals surface area contributed by atoms with E-state index in [0.29, 0.717) is 0 Å². The van der Waals surface area contributed by atoms with Gasteiger partial charge in [0.25, 0.3) is 0 Å². The van der Waals surface area contributed by atoms with Crippen LogP contribution in [0.2, 0.25) is 0 Å². The fourth-order valence-electron chi connectivity index (χ4n) is 9.62. The van der Waals surface area contributed by atoms with Gasteiger partial charge in [0.2, 0.25) is 0 Å². The maximum atomic E-state index is 5.13. The second kappa shape index (κ2) is 17.1. The zero-order valence-electron chi connectivity index (χ0n) is 37.3. The van der Waals surface area contributed by atoms with Crippen molar-refractivity contribution in [2.75, 3.05) is 0 Å². The second-order valence-corrected chi connectivity index (χ2v) is 18.4. The van der Waals surface area contributed by atoms with Gasteiger partial charge in [0.05, 0.1) is 44.1 Å². The van der Waals surface area contributed by atoms with Gasteiger partial charge in [-0.3, -0.25) is 0 Å². The van der Waals surface area contributed by atoms with E-state index in [4.69, 9.17) is 19.9 Å². The van der Waals surface area contributed by atoms with Crippen LogP contribution in [0.1, 0.15) is 0 Å². The van der Waals surface area contributed by atoms with Crippen LogP contribution in [0.3, 0.4) is 0 Å². The lowest BCUT2D eigenvalue weighted by atomic mass is 9.90. The maximum Gasteiger partial charge on any atom is 0.0973 e. The maximum absolute atomic E-state index is 5.13. The molecular formula is C64H40N4S. The Kier molecular flexibility index (Phi) is 9.99. The number of thiophene rings is 1. The molecule has 0 radical (unpaired) electrons. The van der Waals surface area contributed by atoms with E-state index in [-0.39, 0.29) is 0 Å². The zero-order chi connectivity index (χ0) is 45.7. The van der Waals surface area contributed by atoms with Crippen LogP contribution < -0.4 is 0 Å². The lowest BCUT2D eigenvalue weighted by Crippen LogP contribution is -1.92. The molecule has 0 N–H and O–H groups in total. The molecule has 0 unspecified atom stereocenters. The number of hydrogen-bond acceptors (Lipinski definition) is 5. The van der Waals surface area contributed by atoms with Crippen molar-refractivity contribution in [1.82, 2.24) is 19.9 Å². The molecule has 13 aromatic rings. The van der Waals surface area contributed by atoms with Crippen LogP contribution in [0.4, 0.5) is 0 Å². The van der Waals surface area contributed by atoms with Gasteiger partial charge in [-0.2, -0.15) is 0 Å². The first kappa shape index (κ1) is 40.4. The van der Waals surface area contributed by atoms with Crippen molar-refractivity contribution in [1.29, 1.82) is 0 Å². The molecule has 0 saturated carbocycles. The van der Waals surface area contributed by atoms with E-state index in [2.05, 4.69) is 212 Å². The quantitative estimate of drug-likeness (QED) is 0.143. The summed E-state index contributed by atoms with van der Waals surface area (Å²) in [6.07, 6.45) is 0. The third-order valence-corrected chi connectivity index (χ3v) is 14.4. The minimum absolute atomic E-state index is 0.876. The van der Waals surface area contributed by atoms with Crippen molar-refractivity contribution in [2.24, 2.45) is 0 Å². The molecule has 4 nitrogen and oxygen atoms in total. The highest BCUT2D eigenvalue weighted by atomic mass is 32.1. The molecule has 0 spiro atoms. The second-order valence-electron chi connectivity index (χ2n) is 17.4. The third-order valence-electron chi connectivity index (χ3n) is 13.1. The van der Waals surface area contributed by atoms with E-state index < -0.39 is 0 Å². The Morgan fingerprint density at radius 1 is 0.217 bits per heavy atom. The summed E-state index contributed by atoms with van der Waals surface area (Å²) in [5.74, 6) is 0. The van der Waals surface area contributed by atoms with E-state index >= 15 is 0 Å². The molecule has 0 amide bonds. The summed E-state index contributed by atoms with van der Waals surface area (Å²) in [5.41, 5.74) is 23.2. The molecule has 10 aromatic carbocycles. The molecule has 0 aliphatic heterocycles. The van der Waals surface area contributed by atoms with Crippen LogP contribution in [-0.2, 0) is 0 Å². The molecule has 3 aromatic heterocycles. The Bertz CT molecular complexity index is 4020. The number of rotatable bonds is 8. The van der Waals surface area contributed by atoms with Gasteiger partial charge < -0.3 is 0 Å². The molecule has 5 heteroatoms. The fraction of sp³-hybridized carbons (Fsp3) is 0. The van der Waals surface area contributed by atoms with Gasteiger partial charge in [-0.1, -0.05) is 194 Å². The average molecular weight is 897 g/mol. The summed E-state index contributed by atoms with van der Waals surface area (Å²) in [5, 5.41) is 0. The van der Waals surface area contributed by atoms with Crippen molar-refractivity contribution in [2.45, 2.75) is 0 Å². The van der Waals surface area contributed by atoms with Gasteiger partial charge in [-0.15, -0.1) is 11.3 Å². The zero-order valence-corrected chi connectivity index (χ0v) is 38.1. The summed E-state index contributed by atoms with van der Waals surface area (Å²) in [4.78, 5) is 22.8. The number of para-hydroxylation sites is 2. The molecule has 0 atom stereocenters. The predicted octanol–water partition coefficient (Wildman–Crippen LogP) is 17.3. The number of hydrogen-bond donors (Lipinski definition) is 0. The van der Waals surface area contributed by atoms with Crippen LogP contribution in [0.5, 0.6) is 0 Å². The number of benzene rings is 10. The molecule has 69 heavy (non-hydrogen) atoms. The molecule has 322 valence electrons. The Morgan fingerprint density at radius 2 is 0.565 bits per heavy atom. The normalized spacial score (nSPS) is 11.5. The highest BCUT2D eigenvalue weighted by Crippen LogP contribution is 2.52. The van der Waals surface area contributed by atoms with E-state index in [1.54, 1.807) is 0 Å². The fourth-order valence-corrected chi connectivity index (χ4v) is 11.0. The molecular weight excluding hydrogens is 857 g/mol. The van der Waals surface area contributed by atoms with Crippen molar-refractivity contribution in [3.63, 3.8) is 0 Å². The smallest absolute Gasteiger partial charge is 0.0973 e. The van der Waals surface area contributed by atoms with Gasteiger partial charge >= 0.3 is 0 Å². The SMILES string of the molecule is c1ccc(-c2ccc3nc4ccc(-c5ccc(-c6sc(-c7ccc(-c8cc(-c9ccccc9)c9nc%10ccccc%10nc9c8)cc7)c(-c7ccccc7)c6-c6ccccc6)cc5)cc4nc3c2)cc1. The minimum Gasteiger partial charge on any atom is -0.245 e. The minimum atomic E-state index is 0.876. The first-order valence-corrected chi connectivity index (χ1v) is 24.0. The monoisotopic (exact) mass is 896 g/mol. The van der Waals surface area contributed by atoms with Crippen molar-refractivity contribution in [3.05, 3.63) is 243 Å². The van der Waals surface area contributed by atoms with Crippen LogP contribution >= 0.6 is 11.3 Å². The van der Waals surface area contributed by atoms with Crippen LogP contribution in [0.25, 0.3) is 132 Å². The van der Waals surface area contributed by atoms with Gasteiger partial charge in [0.1, 0.15) is 0 Å². The number of nitrogens with zero attached hydrogens (tertiary/aromatic N) is 4.